The number of hydrogen-bond donors (Lipinski definition) is 2. The third kappa shape index (κ3) is 2.61. The molecule has 2 aliphatic rings. The summed E-state index contributed by atoms with van der Waals surface area (Å²) in [5.41, 5.74) is 0. The highest BCUT2D eigenvalue weighted by Crippen LogP contribution is 2.45. The Hall–Kier alpha value is -0.430. The quantitative estimate of drug-likeness (QED) is 0.837. The van der Waals surface area contributed by atoms with E-state index in [-0.39, 0.29) is 12.6 Å². The van der Waals surface area contributed by atoms with E-state index in [9.17, 15) is 8.42 Å². The molecule has 1 aromatic rings. The molecule has 0 atom stereocenters. The summed E-state index contributed by atoms with van der Waals surface area (Å²) in [4.78, 5) is 0.979. The molecule has 2 N–H and O–H groups in total. The van der Waals surface area contributed by atoms with Crippen LogP contribution in [0.5, 0.6) is 0 Å². The number of nitrogens with one attached hydrogen (secondary N) is 1. The van der Waals surface area contributed by atoms with E-state index in [1.807, 2.05) is 0 Å². The number of thiophene rings is 1. The average molecular weight is 287 g/mol. The maximum Gasteiger partial charge on any atom is 0.241 e. The van der Waals surface area contributed by atoms with Gasteiger partial charge in [0.2, 0.25) is 10.0 Å². The summed E-state index contributed by atoms with van der Waals surface area (Å²) in [5, 5.41) is 10.6. The predicted octanol–water partition coefficient (Wildman–Crippen LogP) is 1.71. The van der Waals surface area contributed by atoms with Crippen molar-refractivity contribution in [1.82, 2.24) is 4.72 Å². The van der Waals surface area contributed by atoms with Crippen molar-refractivity contribution in [2.45, 2.75) is 43.2 Å². The van der Waals surface area contributed by atoms with Crippen LogP contribution in [0.15, 0.2) is 16.3 Å². The number of sulfonamides is 1. The Balaban J connectivity index is 1.76. The predicted molar refractivity (Wildman–Crippen MR) is 69.8 cm³/mol. The fraction of sp³-hybridized carbons (Fsp3) is 0.667. The fourth-order valence-electron chi connectivity index (χ4n) is 2.32. The molecule has 0 amide bonds. The highest BCUT2D eigenvalue weighted by atomic mass is 32.2. The molecule has 0 aliphatic heterocycles. The van der Waals surface area contributed by atoms with Gasteiger partial charge in [0.1, 0.15) is 0 Å². The summed E-state index contributed by atoms with van der Waals surface area (Å²) in [5.74, 6) is 1.09. The largest absolute Gasteiger partial charge is 0.391 e. The molecule has 1 heterocycles. The van der Waals surface area contributed by atoms with Gasteiger partial charge in [-0.3, -0.25) is 0 Å². The maximum atomic E-state index is 12.3. The number of aliphatic hydroxyl groups is 1. The Morgan fingerprint density at radius 2 is 1.94 bits per heavy atom. The summed E-state index contributed by atoms with van der Waals surface area (Å²) in [7, 11) is -3.41. The molecule has 2 fully saturated rings. The lowest BCUT2D eigenvalue weighted by atomic mass is 10.1. The van der Waals surface area contributed by atoms with E-state index in [0.29, 0.717) is 21.6 Å². The standard InChI is InChI=1S/C12H17NO3S2/c14-6-10-5-11(7-17-10)18(15,16)13-12(8-1-2-8)9-3-4-9/h5,7-9,12-14H,1-4,6H2. The van der Waals surface area contributed by atoms with Crippen molar-refractivity contribution in [3.63, 3.8) is 0 Å². The molecule has 100 valence electrons. The van der Waals surface area contributed by atoms with E-state index in [1.54, 1.807) is 11.4 Å². The van der Waals surface area contributed by atoms with E-state index in [1.165, 1.54) is 11.3 Å². The molecule has 4 nitrogen and oxygen atoms in total. The first-order chi connectivity index (χ1) is 8.60. The van der Waals surface area contributed by atoms with Gasteiger partial charge in [0.05, 0.1) is 11.5 Å². The van der Waals surface area contributed by atoms with Gasteiger partial charge in [-0.15, -0.1) is 11.3 Å². The summed E-state index contributed by atoms with van der Waals surface area (Å²) in [6, 6.07) is 1.69. The number of hydrogen-bond acceptors (Lipinski definition) is 4. The Labute approximate surface area is 111 Å². The first-order valence-electron chi connectivity index (χ1n) is 6.31. The van der Waals surface area contributed by atoms with Gasteiger partial charge >= 0.3 is 0 Å². The lowest BCUT2D eigenvalue weighted by molar-refractivity contribution is 0.285. The van der Waals surface area contributed by atoms with Gasteiger partial charge in [-0.2, -0.15) is 0 Å². The van der Waals surface area contributed by atoms with Gasteiger partial charge in [-0.25, -0.2) is 13.1 Å². The normalized spacial score (nSPS) is 20.6. The average Bonchev–Trinajstić information content (AvgIpc) is 3.24. The molecule has 2 saturated carbocycles. The molecule has 1 aromatic heterocycles. The van der Waals surface area contributed by atoms with Crippen molar-refractivity contribution in [3.05, 3.63) is 16.3 Å². The molecule has 18 heavy (non-hydrogen) atoms. The van der Waals surface area contributed by atoms with Gasteiger partial charge < -0.3 is 5.11 Å². The molecular formula is C12H17NO3S2. The zero-order valence-corrected chi connectivity index (χ0v) is 11.6. The molecule has 0 radical (unpaired) electrons. The minimum absolute atomic E-state index is 0.102. The highest BCUT2D eigenvalue weighted by molar-refractivity contribution is 7.89. The zero-order valence-electron chi connectivity index (χ0n) is 10.0. The SMILES string of the molecule is O=S(=O)(NC(C1CC1)C1CC1)c1csc(CO)c1. The summed E-state index contributed by atoms with van der Waals surface area (Å²) in [6.07, 6.45) is 4.59. The number of aliphatic hydroxyl groups excluding tert-OH is 1. The lowest BCUT2D eigenvalue weighted by Crippen LogP contribution is -2.37. The van der Waals surface area contributed by atoms with E-state index in [2.05, 4.69) is 4.72 Å². The molecule has 0 saturated heterocycles. The third-order valence-electron chi connectivity index (χ3n) is 3.65. The molecule has 0 aromatic carbocycles. The Kier molecular flexibility index (Phi) is 3.21. The van der Waals surface area contributed by atoms with Crippen LogP contribution in [-0.4, -0.2) is 19.6 Å². The van der Waals surface area contributed by atoms with Crippen LogP contribution < -0.4 is 4.72 Å². The molecule has 2 aliphatic carbocycles. The molecule has 3 rings (SSSR count). The van der Waals surface area contributed by atoms with Crippen molar-refractivity contribution in [2.75, 3.05) is 0 Å². The van der Waals surface area contributed by atoms with Crippen molar-refractivity contribution in [1.29, 1.82) is 0 Å². The zero-order chi connectivity index (χ0) is 12.8. The molecule has 0 unspecified atom stereocenters. The lowest BCUT2D eigenvalue weighted by Gasteiger charge is -2.17. The maximum absolute atomic E-state index is 12.3. The monoisotopic (exact) mass is 287 g/mol. The van der Waals surface area contributed by atoms with Gasteiger partial charge in [-0.05, 0) is 43.6 Å². The van der Waals surface area contributed by atoms with Crippen LogP contribution >= 0.6 is 11.3 Å². The van der Waals surface area contributed by atoms with Crippen LogP contribution in [0.4, 0.5) is 0 Å². The highest BCUT2D eigenvalue weighted by Gasteiger charge is 2.43. The number of rotatable bonds is 6. The first kappa shape index (κ1) is 12.6. The van der Waals surface area contributed by atoms with E-state index >= 15 is 0 Å². The second kappa shape index (κ2) is 4.59. The van der Waals surface area contributed by atoms with Crippen LogP contribution in [0, 0.1) is 11.8 Å². The van der Waals surface area contributed by atoms with Gasteiger partial charge in [0.25, 0.3) is 0 Å². The van der Waals surface area contributed by atoms with Crippen molar-refractivity contribution >= 4 is 21.4 Å². The van der Waals surface area contributed by atoms with Crippen molar-refractivity contribution in [3.8, 4) is 0 Å². The van der Waals surface area contributed by atoms with Crippen LogP contribution in [0.25, 0.3) is 0 Å². The Morgan fingerprint density at radius 3 is 2.39 bits per heavy atom. The van der Waals surface area contributed by atoms with Crippen molar-refractivity contribution < 1.29 is 13.5 Å². The van der Waals surface area contributed by atoms with Gasteiger partial charge in [0.15, 0.2) is 0 Å². The van der Waals surface area contributed by atoms with Crippen molar-refractivity contribution in [2.24, 2.45) is 11.8 Å². The minimum Gasteiger partial charge on any atom is -0.391 e. The molecular weight excluding hydrogens is 270 g/mol. The van der Waals surface area contributed by atoms with Gasteiger partial charge in [0, 0.05) is 16.3 Å². The minimum atomic E-state index is -3.41. The van der Waals surface area contributed by atoms with Crippen LogP contribution in [0.2, 0.25) is 0 Å². The summed E-state index contributed by atoms with van der Waals surface area (Å²) >= 11 is 1.28. The van der Waals surface area contributed by atoms with Crippen LogP contribution in [0.3, 0.4) is 0 Å². The van der Waals surface area contributed by atoms with E-state index in [4.69, 9.17) is 5.11 Å². The fourth-order valence-corrected chi connectivity index (χ4v) is 4.83. The topological polar surface area (TPSA) is 66.4 Å². The second-order valence-electron chi connectivity index (χ2n) is 5.23. The van der Waals surface area contributed by atoms with Crippen LogP contribution in [0.1, 0.15) is 30.6 Å². The molecule has 0 bridgehead atoms. The summed E-state index contributed by atoms with van der Waals surface area (Å²) in [6.45, 7) is -0.102. The molecule has 6 heteroatoms. The van der Waals surface area contributed by atoms with E-state index in [0.717, 1.165) is 25.7 Å². The Bertz CT molecular complexity index is 517. The smallest absolute Gasteiger partial charge is 0.241 e. The Morgan fingerprint density at radius 1 is 1.33 bits per heavy atom. The van der Waals surface area contributed by atoms with E-state index < -0.39 is 10.0 Å². The first-order valence-corrected chi connectivity index (χ1v) is 8.67. The second-order valence-corrected chi connectivity index (χ2v) is 7.94. The van der Waals surface area contributed by atoms with Gasteiger partial charge in [-0.1, -0.05) is 0 Å². The summed E-state index contributed by atoms with van der Waals surface area (Å²) < 4.78 is 27.4. The van der Waals surface area contributed by atoms with Crippen LogP contribution in [-0.2, 0) is 16.6 Å². The third-order valence-corrected chi connectivity index (χ3v) is 6.16. The molecule has 0 spiro atoms.